The summed E-state index contributed by atoms with van der Waals surface area (Å²) in [4.78, 5) is 30.8. The summed E-state index contributed by atoms with van der Waals surface area (Å²) in [6, 6.07) is 32.4. The van der Waals surface area contributed by atoms with Crippen LogP contribution in [0.4, 0.5) is 5.69 Å². The number of aromatic amines is 1. The first-order valence-electron chi connectivity index (χ1n) is 12.8. The Morgan fingerprint density at radius 1 is 0.737 bits per heavy atom. The Labute approximate surface area is 222 Å². The number of amides is 2. The van der Waals surface area contributed by atoms with Crippen molar-refractivity contribution in [1.82, 2.24) is 10.3 Å². The number of anilines is 1. The quantitative estimate of drug-likeness (QED) is 0.234. The summed E-state index contributed by atoms with van der Waals surface area (Å²) in [5, 5.41) is 7.16. The second-order valence-corrected chi connectivity index (χ2v) is 9.67. The number of nitrogens with one attached hydrogen (secondary N) is 3. The van der Waals surface area contributed by atoms with E-state index in [1.807, 2.05) is 123 Å². The summed E-state index contributed by atoms with van der Waals surface area (Å²) in [5.74, 6) is -1.02. The van der Waals surface area contributed by atoms with Crippen LogP contribution in [0.5, 0.6) is 0 Å². The Kier molecular flexibility index (Phi) is 7.36. The van der Waals surface area contributed by atoms with E-state index in [9.17, 15) is 9.59 Å². The minimum Gasteiger partial charge on any atom is -0.361 e. The molecule has 2 amide bonds. The Bertz CT molecular complexity index is 1520. The van der Waals surface area contributed by atoms with Crippen molar-refractivity contribution in [1.29, 1.82) is 0 Å². The van der Waals surface area contributed by atoms with Gasteiger partial charge in [0.05, 0.1) is 5.92 Å². The van der Waals surface area contributed by atoms with E-state index in [-0.39, 0.29) is 11.8 Å². The predicted molar refractivity (Wildman–Crippen MR) is 153 cm³/mol. The molecule has 0 fully saturated rings. The lowest BCUT2D eigenvalue weighted by Gasteiger charge is -2.23. The van der Waals surface area contributed by atoms with Crippen LogP contribution in [0, 0.1) is 13.8 Å². The molecule has 0 bridgehead atoms. The molecule has 0 aliphatic heterocycles. The topological polar surface area (TPSA) is 74.0 Å². The highest BCUT2D eigenvalue weighted by Crippen LogP contribution is 2.26. The van der Waals surface area contributed by atoms with E-state index >= 15 is 0 Å². The molecule has 0 aliphatic carbocycles. The average Bonchev–Trinajstić information content (AvgIpc) is 3.34. The molecule has 3 N–H and O–H groups in total. The van der Waals surface area contributed by atoms with Crippen molar-refractivity contribution < 1.29 is 9.59 Å². The number of aryl methyl sites for hydroxylation is 2. The molecule has 0 spiro atoms. The van der Waals surface area contributed by atoms with Gasteiger partial charge in [-0.15, -0.1) is 0 Å². The van der Waals surface area contributed by atoms with Gasteiger partial charge in [0, 0.05) is 29.2 Å². The highest BCUT2D eigenvalue weighted by Gasteiger charge is 2.29. The van der Waals surface area contributed by atoms with Crippen LogP contribution in [0.2, 0.25) is 0 Å². The van der Waals surface area contributed by atoms with Crippen LogP contribution in [0.3, 0.4) is 0 Å². The van der Waals surface area contributed by atoms with E-state index in [1.54, 1.807) is 0 Å². The number of fused-ring (bicyclic) bond motifs is 1. The highest BCUT2D eigenvalue weighted by molar-refractivity contribution is 5.99. The largest absolute Gasteiger partial charge is 0.361 e. The first-order valence-corrected chi connectivity index (χ1v) is 12.8. The number of H-pyrrole nitrogens is 1. The van der Waals surface area contributed by atoms with Crippen LogP contribution in [0.25, 0.3) is 10.9 Å². The van der Waals surface area contributed by atoms with Gasteiger partial charge < -0.3 is 15.6 Å². The lowest BCUT2D eigenvalue weighted by molar-refractivity contribution is -0.126. The normalized spacial score (nSPS) is 11.9. The van der Waals surface area contributed by atoms with Gasteiger partial charge in [0.1, 0.15) is 6.04 Å². The third-order valence-corrected chi connectivity index (χ3v) is 7.03. The average molecular weight is 502 g/mol. The molecule has 38 heavy (non-hydrogen) atoms. The molecule has 5 heteroatoms. The Morgan fingerprint density at radius 3 is 2.03 bits per heavy atom. The minimum absolute atomic E-state index is 0.220. The number of carbonyl (C=O) groups is 2. The summed E-state index contributed by atoms with van der Waals surface area (Å²) in [7, 11) is 0. The molecule has 5 aromatic rings. The van der Waals surface area contributed by atoms with Crippen molar-refractivity contribution in [2.24, 2.45) is 0 Å². The summed E-state index contributed by atoms with van der Waals surface area (Å²) in [6.45, 7) is 4.05. The van der Waals surface area contributed by atoms with Crippen molar-refractivity contribution in [2.75, 3.05) is 5.32 Å². The zero-order valence-electron chi connectivity index (χ0n) is 21.6. The molecule has 1 aromatic heterocycles. The van der Waals surface area contributed by atoms with E-state index in [0.29, 0.717) is 12.1 Å². The molecule has 0 saturated heterocycles. The summed E-state index contributed by atoms with van der Waals surface area (Å²) in [5.41, 5.74) is 6.66. The molecule has 1 heterocycles. The molecule has 0 unspecified atom stereocenters. The fraction of sp³-hybridized carbons (Fsp3) is 0.152. The van der Waals surface area contributed by atoms with Gasteiger partial charge in [-0.25, -0.2) is 0 Å². The number of rotatable bonds is 8. The first kappa shape index (κ1) is 25.0. The Morgan fingerprint density at radius 2 is 1.37 bits per heavy atom. The second-order valence-electron chi connectivity index (χ2n) is 9.67. The standard InChI is InChI=1S/C33H31N3O2/c1-22-17-18-27(19-23(22)2)35-32(37)30(20-26-21-34-29-16-10-9-15-28(26)29)36-33(38)31(24-11-5-3-6-12-24)25-13-7-4-8-14-25/h3-19,21,30-31,34H,20H2,1-2H3,(H,35,37)(H,36,38)/t30-/m1/s1. The van der Waals surface area contributed by atoms with Crippen LogP contribution in [-0.2, 0) is 16.0 Å². The molecule has 4 aromatic carbocycles. The zero-order chi connectivity index (χ0) is 26.5. The van der Waals surface area contributed by atoms with Gasteiger partial charge in [0.15, 0.2) is 0 Å². The summed E-state index contributed by atoms with van der Waals surface area (Å²) >= 11 is 0. The third-order valence-electron chi connectivity index (χ3n) is 7.03. The van der Waals surface area contributed by atoms with E-state index in [1.165, 1.54) is 0 Å². The SMILES string of the molecule is Cc1ccc(NC(=O)[C@@H](Cc2c[nH]c3ccccc23)NC(=O)C(c2ccccc2)c2ccccc2)cc1C. The van der Waals surface area contributed by atoms with Crippen LogP contribution < -0.4 is 10.6 Å². The van der Waals surface area contributed by atoms with Gasteiger partial charge in [-0.2, -0.15) is 0 Å². The number of hydrogen-bond donors (Lipinski definition) is 3. The fourth-order valence-corrected chi connectivity index (χ4v) is 4.82. The third kappa shape index (κ3) is 5.52. The number of hydrogen-bond acceptors (Lipinski definition) is 2. The maximum absolute atomic E-state index is 13.9. The van der Waals surface area contributed by atoms with Gasteiger partial charge >= 0.3 is 0 Å². The molecule has 190 valence electrons. The van der Waals surface area contributed by atoms with Gasteiger partial charge in [0.25, 0.3) is 0 Å². The Hall–Kier alpha value is -4.64. The lowest BCUT2D eigenvalue weighted by atomic mass is 9.90. The summed E-state index contributed by atoms with van der Waals surface area (Å²) < 4.78 is 0. The number of aromatic nitrogens is 1. The van der Waals surface area contributed by atoms with E-state index < -0.39 is 12.0 Å². The van der Waals surface area contributed by atoms with Crippen LogP contribution >= 0.6 is 0 Å². The van der Waals surface area contributed by atoms with Crippen molar-refractivity contribution in [3.8, 4) is 0 Å². The molecule has 0 aliphatic rings. The maximum atomic E-state index is 13.9. The lowest BCUT2D eigenvalue weighted by Crippen LogP contribution is -2.47. The number of benzene rings is 4. The highest BCUT2D eigenvalue weighted by atomic mass is 16.2. The molecule has 1 atom stereocenters. The first-order chi connectivity index (χ1) is 18.5. The van der Waals surface area contributed by atoms with Crippen LogP contribution in [0.15, 0.2) is 109 Å². The molecular formula is C33H31N3O2. The molecule has 0 radical (unpaired) electrons. The van der Waals surface area contributed by atoms with Gasteiger partial charge in [-0.05, 0) is 59.9 Å². The molecule has 0 saturated carbocycles. The molecule has 5 rings (SSSR count). The fourth-order valence-electron chi connectivity index (χ4n) is 4.82. The maximum Gasteiger partial charge on any atom is 0.247 e. The zero-order valence-corrected chi connectivity index (χ0v) is 21.6. The van der Waals surface area contributed by atoms with Crippen molar-refractivity contribution in [3.05, 3.63) is 137 Å². The number of para-hydroxylation sites is 1. The second kappa shape index (κ2) is 11.2. The van der Waals surface area contributed by atoms with Crippen molar-refractivity contribution >= 4 is 28.4 Å². The van der Waals surface area contributed by atoms with E-state index in [0.717, 1.165) is 38.7 Å². The van der Waals surface area contributed by atoms with E-state index in [2.05, 4.69) is 15.6 Å². The number of carbonyl (C=O) groups excluding carboxylic acids is 2. The van der Waals surface area contributed by atoms with Gasteiger partial charge in [-0.1, -0.05) is 84.9 Å². The smallest absolute Gasteiger partial charge is 0.247 e. The van der Waals surface area contributed by atoms with Gasteiger partial charge in [-0.3, -0.25) is 9.59 Å². The Balaban J connectivity index is 1.47. The van der Waals surface area contributed by atoms with Crippen molar-refractivity contribution in [2.45, 2.75) is 32.2 Å². The van der Waals surface area contributed by atoms with Gasteiger partial charge in [0.2, 0.25) is 11.8 Å². The summed E-state index contributed by atoms with van der Waals surface area (Å²) in [6.07, 6.45) is 2.27. The minimum atomic E-state index is -0.779. The van der Waals surface area contributed by atoms with Crippen LogP contribution in [-0.4, -0.2) is 22.8 Å². The van der Waals surface area contributed by atoms with Crippen LogP contribution in [0.1, 0.15) is 33.7 Å². The van der Waals surface area contributed by atoms with Crippen molar-refractivity contribution in [3.63, 3.8) is 0 Å². The molecular weight excluding hydrogens is 470 g/mol. The molecule has 5 nitrogen and oxygen atoms in total. The van der Waals surface area contributed by atoms with E-state index in [4.69, 9.17) is 0 Å². The monoisotopic (exact) mass is 501 g/mol. The predicted octanol–water partition coefficient (Wildman–Crippen LogP) is 6.28.